The SMILES string of the molecule is COc1ccc(C2CCCN2CCc2nc3ccccc3c(=O)[nH]2)cc1. The minimum absolute atomic E-state index is 0.0567. The average Bonchev–Trinajstić information content (AvgIpc) is 3.15. The van der Waals surface area contributed by atoms with Crippen molar-refractivity contribution in [1.82, 2.24) is 14.9 Å². The Kier molecular flexibility index (Phi) is 4.71. The Morgan fingerprint density at radius 1 is 1.19 bits per heavy atom. The molecule has 0 bridgehead atoms. The van der Waals surface area contributed by atoms with Crippen LogP contribution in [0.2, 0.25) is 0 Å². The molecule has 5 heteroatoms. The summed E-state index contributed by atoms with van der Waals surface area (Å²) >= 11 is 0. The number of para-hydroxylation sites is 1. The Bertz CT molecular complexity index is 949. The van der Waals surface area contributed by atoms with Gasteiger partial charge in [0.2, 0.25) is 0 Å². The Morgan fingerprint density at radius 3 is 2.81 bits per heavy atom. The number of rotatable bonds is 5. The lowest BCUT2D eigenvalue weighted by Crippen LogP contribution is -2.27. The fourth-order valence-corrected chi connectivity index (χ4v) is 3.80. The normalized spacial score (nSPS) is 17.7. The Labute approximate surface area is 152 Å². The first kappa shape index (κ1) is 16.8. The van der Waals surface area contributed by atoms with Crippen molar-refractivity contribution >= 4 is 10.9 Å². The van der Waals surface area contributed by atoms with Gasteiger partial charge in [0.05, 0.1) is 18.0 Å². The Balaban J connectivity index is 1.49. The van der Waals surface area contributed by atoms with E-state index in [1.165, 1.54) is 12.0 Å². The molecule has 1 saturated heterocycles. The highest BCUT2D eigenvalue weighted by Gasteiger charge is 2.25. The molecule has 134 valence electrons. The molecule has 0 radical (unpaired) electrons. The van der Waals surface area contributed by atoms with E-state index < -0.39 is 0 Å². The van der Waals surface area contributed by atoms with Gasteiger partial charge in [0.15, 0.2) is 0 Å². The molecule has 0 spiro atoms. The second-order valence-electron chi connectivity index (χ2n) is 6.75. The van der Waals surface area contributed by atoms with E-state index in [1.54, 1.807) is 7.11 Å². The smallest absolute Gasteiger partial charge is 0.258 e. The Morgan fingerprint density at radius 2 is 2.00 bits per heavy atom. The van der Waals surface area contributed by atoms with Crippen LogP contribution >= 0.6 is 0 Å². The van der Waals surface area contributed by atoms with Crippen molar-refractivity contribution in [2.75, 3.05) is 20.2 Å². The third kappa shape index (κ3) is 3.35. The molecule has 1 unspecified atom stereocenters. The number of benzene rings is 2. The number of aromatic amines is 1. The molecule has 2 heterocycles. The van der Waals surface area contributed by atoms with E-state index in [0.29, 0.717) is 11.4 Å². The summed E-state index contributed by atoms with van der Waals surface area (Å²) in [6.45, 7) is 1.96. The van der Waals surface area contributed by atoms with Crippen LogP contribution in [0.1, 0.15) is 30.3 Å². The van der Waals surface area contributed by atoms with E-state index in [1.807, 2.05) is 36.4 Å². The highest BCUT2D eigenvalue weighted by molar-refractivity contribution is 5.77. The molecule has 1 aromatic heterocycles. The lowest BCUT2D eigenvalue weighted by Gasteiger charge is -2.24. The van der Waals surface area contributed by atoms with Gasteiger partial charge in [0, 0.05) is 19.0 Å². The van der Waals surface area contributed by atoms with Gasteiger partial charge in [-0.25, -0.2) is 4.98 Å². The van der Waals surface area contributed by atoms with Crippen LogP contribution in [0.4, 0.5) is 0 Å². The molecule has 5 nitrogen and oxygen atoms in total. The first-order chi connectivity index (χ1) is 12.7. The molecule has 1 aliphatic rings. The van der Waals surface area contributed by atoms with Crippen LogP contribution in [0.25, 0.3) is 10.9 Å². The summed E-state index contributed by atoms with van der Waals surface area (Å²) in [6.07, 6.45) is 3.10. The van der Waals surface area contributed by atoms with Gasteiger partial charge in [0.1, 0.15) is 11.6 Å². The van der Waals surface area contributed by atoms with E-state index in [4.69, 9.17) is 4.74 Å². The van der Waals surface area contributed by atoms with Crippen molar-refractivity contribution in [3.8, 4) is 5.75 Å². The standard InChI is InChI=1S/C21H23N3O2/c1-26-16-10-8-15(9-11-16)19-7-4-13-24(19)14-12-20-22-18-6-3-2-5-17(18)21(25)23-20/h2-3,5-6,8-11,19H,4,7,12-14H2,1H3,(H,22,23,25). The van der Waals surface area contributed by atoms with Crippen molar-refractivity contribution in [3.05, 3.63) is 70.3 Å². The summed E-state index contributed by atoms with van der Waals surface area (Å²) in [5, 5.41) is 0.647. The van der Waals surface area contributed by atoms with Crippen molar-refractivity contribution in [2.45, 2.75) is 25.3 Å². The zero-order valence-electron chi connectivity index (χ0n) is 14.9. The van der Waals surface area contributed by atoms with Gasteiger partial charge in [-0.15, -0.1) is 0 Å². The van der Waals surface area contributed by atoms with E-state index >= 15 is 0 Å². The first-order valence-electron chi connectivity index (χ1n) is 9.10. The molecule has 0 saturated carbocycles. The molecule has 2 aromatic carbocycles. The van der Waals surface area contributed by atoms with Crippen molar-refractivity contribution in [1.29, 1.82) is 0 Å². The van der Waals surface area contributed by atoms with Crippen LogP contribution in [-0.4, -0.2) is 35.1 Å². The second-order valence-corrected chi connectivity index (χ2v) is 6.75. The Hall–Kier alpha value is -2.66. The summed E-state index contributed by atoms with van der Waals surface area (Å²) < 4.78 is 5.25. The number of aromatic nitrogens is 2. The van der Waals surface area contributed by atoms with Crippen LogP contribution < -0.4 is 10.3 Å². The summed E-state index contributed by atoms with van der Waals surface area (Å²) in [5.41, 5.74) is 2.03. The fraction of sp³-hybridized carbons (Fsp3) is 0.333. The molecule has 1 atom stereocenters. The molecular weight excluding hydrogens is 326 g/mol. The maximum Gasteiger partial charge on any atom is 0.258 e. The second kappa shape index (κ2) is 7.30. The van der Waals surface area contributed by atoms with Crippen LogP contribution in [0.3, 0.4) is 0 Å². The summed E-state index contributed by atoms with van der Waals surface area (Å²) in [6, 6.07) is 16.3. The predicted octanol–water partition coefficient (Wildman–Crippen LogP) is 3.31. The lowest BCUT2D eigenvalue weighted by molar-refractivity contribution is 0.258. The highest BCUT2D eigenvalue weighted by Crippen LogP contribution is 2.32. The van der Waals surface area contributed by atoms with Gasteiger partial charge in [-0.1, -0.05) is 24.3 Å². The first-order valence-corrected chi connectivity index (χ1v) is 9.10. The van der Waals surface area contributed by atoms with Gasteiger partial charge in [-0.05, 0) is 49.2 Å². The van der Waals surface area contributed by atoms with Gasteiger partial charge in [-0.3, -0.25) is 9.69 Å². The molecule has 3 aromatic rings. The topological polar surface area (TPSA) is 58.2 Å². The number of likely N-dealkylation sites (tertiary alicyclic amines) is 1. The molecule has 1 aliphatic heterocycles. The maximum atomic E-state index is 12.2. The molecule has 26 heavy (non-hydrogen) atoms. The van der Waals surface area contributed by atoms with Crippen molar-refractivity contribution in [3.63, 3.8) is 0 Å². The van der Waals surface area contributed by atoms with E-state index in [2.05, 4.69) is 27.0 Å². The van der Waals surface area contributed by atoms with Gasteiger partial charge >= 0.3 is 0 Å². The molecule has 1 fully saturated rings. The van der Waals surface area contributed by atoms with Gasteiger partial charge < -0.3 is 9.72 Å². The van der Waals surface area contributed by atoms with Crippen LogP contribution in [0.15, 0.2) is 53.3 Å². The van der Waals surface area contributed by atoms with Crippen molar-refractivity contribution < 1.29 is 4.74 Å². The van der Waals surface area contributed by atoms with Crippen LogP contribution in [0.5, 0.6) is 5.75 Å². The van der Waals surface area contributed by atoms with E-state index in [-0.39, 0.29) is 5.56 Å². The third-order valence-corrected chi connectivity index (χ3v) is 5.16. The number of H-pyrrole nitrogens is 1. The molecular formula is C21H23N3O2. The van der Waals surface area contributed by atoms with E-state index in [0.717, 1.165) is 43.0 Å². The van der Waals surface area contributed by atoms with Gasteiger partial charge in [-0.2, -0.15) is 0 Å². The zero-order valence-corrected chi connectivity index (χ0v) is 14.9. The summed E-state index contributed by atoms with van der Waals surface area (Å²) in [4.78, 5) is 22.3. The fourth-order valence-electron chi connectivity index (χ4n) is 3.80. The van der Waals surface area contributed by atoms with E-state index in [9.17, 15) is 4.79 Å². The molecule has 4 rings (SSSR count). The number of hydrogen-bond acceptors (Lipinski definition) is 4. The predicted molar refractivity (Wildman–Crippen MR) is 103 cm³/mol. The summed E-state index contributed by atoms with van der Waals surface area (Å²) in [5.74, 6) is 1.64. The number of nitrogens with one attached hydrogen (secondary N) is 1. The van der Waals surface area contributed by atoms with Gasteiger partial charge in [0.25, 0.3) is 5.56 Å². The number of nitrogens with zero attached hydrogens (tertiary/aromatic N) is 2. The molecule has 0 amide bonds. The highest BCUT2D eigenvalue weighted by atomic mass is 16.5. The minimum atomic E-state index is -0.0567. The number of fused-ring (bicyclic) bond motifs is 1. The molecule has 0 aliphatic carbocycles. The summed E-state index contributed by atoms with van der Waals surface area (Å²) in [7, 11) is 1.69. The average molecular weight is 349 g/mol. The number of hydrogen-bond donors (Lipinski definition) is 1. The quantitative estimate of drug-likeness (QED) is 0.768. The van der Waals surface area contributed by atoms with Crippen molar-refractivity contribution in [2.24, 2.45) is 0 Å². The van der Waals surface area contributed by atoms with Crippen LogP contribution in [0, 0.1) is 0 Å². The minimum Gasteiger partial charge on any atom is -0.497 e. The monoisotopic (exact) mass is 349 g/mol. The van der Waals surface area contributed by atoms with Crippen LogP contribution in [-0.2, 0) is 6.42 Å². The third-order valence-electron chi connectivity index (χ3n) is 5.16. The number of ether oxygens (including phenoxy) is 1. The molecule has 1 N–H and O–H groups in total. The number of methoxy groups -OCH3 is 1. The maximum absolute atomic E-state index is 12.2. The largest absolute Gasteiger partial charge is 0.497 e. The zero-order chi connectivity index (χ0) is 17.9. The lowest BCUT2D eigenvalue weighted by atomic mass is 10.0.